The van der Waals surface area contributed by atoms with Crippen molar-refractivity contribution in [1.82, 2.24) is 0 Å². The lowest BCUT2D eigenvalue weighted by atomic mass is 10.1. The van der Waals surface area contributed by atoms with Gasteiger partial charge in [0.1, 0.15) is 0 Å². The van der Waals surface area contributed by atoms with E-state index in [-0.39, 0.29) is 10.6 Å². The van der Waals surface area contributed by atoms with E-state index in [1.54, 1.807) is 12.1 Å². The molecule has 0 atom stereocenters. The Morgan fingerprint density at radius 3 is 2.70 bits per heavy atom. The summed E-state index contributed by atoms with van der Waals surface area (Å²) >= 11 is 0. The van der Waals surface area contributed by atoms with Gasteiger partial charge in [0.15, 0.2) is 0 Å². The summed E-state index contributed by atoms with van der Waals surface area (Å²) in [5.41, 5.74) is 3.36. The topological polar surface area (TPSA) is 46.4 Å². The van der Waals surface area contributed by atoms with Crippen LogP contribution in [0.2, 0.25) is 0 Å². The molecule has 1 aliphatic rings. The summed E-state index contributed by atoms with van der Waals surface area (Å²) in [6, 6.07) is 15.1. The van der Waals surface area contributed by atoms with Gasteiger partial charge in [0.2, 0.25) is 0 Å². The average Bonchev–Trinajstić information content (AvgIpc) is 2.88. The molecule has 100 valence electrons. The second-order valence-corrected chi connectivity index (χ2v) is 4.74. The number of hydrogen-bond donors (Lipinski definition) is 0. The lowest BCUT2D eigenvalue weighted by molar-refractivity contribution is -0.384. The van der Waals surface area contributed by atoms with Crippen molar-refractivity contribution in [2.75, 3.05) is 11.4 Å². The Hall–Kier alpha value is -2.62. The Balaban J connectivity index is 1.87. The number of non-ortho nitro benzene ring substituents is 1. The smallest absolute Gasteiger partial charge is 0.271 e. The van der Waals surface area contributed by atoms with Crippen molar-refractivity contribution in [3.63, 3.8) is 0 Å². The minimum atomic E-state index is -0.350. The van der Waals surface area contributed by atoms with Gasteiger partial charge in [0.25, 0.3) is 5.69 Å². The maximum atomic E-state index is 10.9. The monoisotopic (exact) mass is 266 g/mol. The molecule has 0 unspecified atom stereocenters. The molecule has 2 aromatic rings. The first-order chi connectivity index (χ1) is 9.74. The molecule has 0 saturated carbocycles. The lowest BCUT2D eigenvalue weighted by Gasteiger charge is -2.13. The highest BCUT2D eigenvalue weighted by Gasteiger charge is 2.20. The van der Waals surface area contributed by atoms with Gasteiger partial charge >= 0.3 is 0 Å². The van der Waals surface area contributed by atoms with Crippen LogP contribution in [0, 0.1) is 10.1 Å². The number of benzene rings is 2. The van der Waals surface area contributed by atoms with Crippen LogP contribution in [0.3, 0.4) is 0 Å². The fourth-order valence-electron chi connectivity index (χ4n) is 2.40. The number of hydrogen-bond acceptors (Lipinski definition) is 3. The summed E-state index contributed by atoms with van der Waals surface area (Å²) in [5.74, 6) is 0. The van der Waals surface area contributed by atoms with E-state index in [0.717, 1.165) is 29.8 Å². The quantitative estimate of drug-likeness (QED) is 0.629. The van der Waals surface area contributed by atoms with Gasteiger partial charge in [-0.05, 0) is 23.6 Å². The number of nitro benzene ring substituents is 1. The van der Waals surface area contributed by atoms with Gasteiger partial charge in [0.05, 0.1) is 10.6 Å². The van der Waals surface area contributed by atoms with E-state index in [1.165, 1.54) is 0 Å². The van der Waals surface area contributed by atoms with E-state index in [9.17, 15) is 10.1 Å². The highest BCUT2D eigenvalue weighted by molar-refractivity contribution is 5.66. The Morgan fingerprint density at radius 1 is 1.15 bits per heavy atom. The van der Waals surface area contributed by atoms with Gasteiger partial charge in [-0.3, -0.25) is 10.1 Å². The van der Waals surface area contributed by atoms with Crippen LogP contribution < -0.4 is 4.90 Å². The van der Waals surface area contributed by atoms with E-state index in [0.29, 0.717) is 0 Å². The van der Waals surface area contributed by atoms with Crippen LogP contribution in [-0.2, 0) is 6.42 Å². The summed E-state index contributed by atoms with van der Waals surface area (Å²) in [6.45, 7) is 0.861. The van der Waals surface area contributed by atoms with E-state index < -0.39 is 0 Å². The van der Waals surface area contributed by atoms with Crippen molar-refractivity contribution in [2.24, 2.45) is 0 Å². The number of nitro groups is 1. The van der Waals surface area contributed by atoms with Crippen LogP contribution >= 0.6 is 0 Å². The van der Waals surface area contributed by atoms with E-state index in [1.807, 2.05) is 48.7 Å². The van der Waals surface area contributed by atoms with Gasteiger partial charge in [-0.2, -0.15) is 0 Å². The Kier molecular flexibility index (Phi) is 3.21. The van der Waals surface area contributed by atoms with Crippen molar-refractivity contribution >= 4 is 17.5 Å². The zero-order chi connectivity index (χ0) is 13.9. The Labute approximate surface area is 117 Å². The van der Waals surface area contributed by atoms with Gasteiger partial charge < -0.3 is 4.90 Å². The molecule has 0 amide bonds. The molecular formula is C16H14N2O2. The SMILES string of the molecule is O=[N+]([O-])c1ccc2c(c1)N(C=Cc1ccccc1)CC2. The fraction of sp³-hybridized carbons (Fsp3) is 0.125. The van der Waals surface area contributed by atoms with Crippen molar-refractivity contribution in [2.45, 2.75) is 6.42 Å². The molecule has 0 N–H and O–H groups in total. The predicted molar refractivity (Wildman–Crippen MR) is 79.6 cm³/mol. The lowest BCUT2D eigenvalue weighted by Crippen LogP contribution is -2.11. The molecule has 0 spiro atoms. The molecule has 4 heteroatoms. The third kappa shape index (κ3) is 2.40. The van der Waals surface area contributed by atoms with Crippen LogP contribution in [0.25, 0.3) is 6.08 Å². The predicted octanol–water partition coefficient (Wildman–Crippen LogP) is 3.63. The molecule has 0 aromatic heterocycles. The summed E-state index contributed by atoms with van der Waals surface area (Å²) in [4.78, 5) is 12.6. The largest absolute Gasteiger partial charge is 0.347 e. The molecular weight excluding hydrogens is 252 g/mol. The molecule has 2 aromatic carbocycles. The van der Waals surface area contributed by atoms with Crippen LogP contribution in [0.5, 0.6) is 0 Å². The maximum Gasteiger partial charge on any atom is 0.271 e. The number of anilines is 1. The first-order valence-corrected chi connectivity index (χ1v) is 6.51. The third-order valence-corrected chi connectivity index (χ3v) is 3.46. The van der Waals surface area contributed by atoms with Gasteiger partial charge in [0, 0.05) is 24.9 Å². The highest BCUT2D eigenvalue weighted by Crippen LogP contribution is 2.32. The number of rotatable bonds is 3. The van der Waals surface area contributed by atoms with Crippen molar-refractivity contribution in [3.05, 3.63) is 76.0 Å². The zero-order valence-electron chi connectivity index (χ0n) is 10.9. The molecule has 0 aliphatic carbocycles. The maximum absolute atomic E-state index is 10.9. The highest BCUT2D eigenvalue weighted by atomic mass is 16.6. The molecule has 3 rings (SSSR count). The minimum Gasteiger partial charge on any atom is -0.347 e. The molecule has 20 heavy (non-hydrogen) atoms. The average molecular weight is 266 g/mol. The Bertz CT molecular complexity index is 665. The van der Waals surface area contributed by atoms with Gasteiger partial charge in [-0.15, -0.1) is 0 Å². The fourth-order valence-corrected chi connectivity index (χ4v) is 2.40. The first-order valence-electron chi connectivity index (χ1n) is 6.51. The van der Waals surface area contributed by atoms with E-state index in [2.05, 4.69) is 4.90 Å². The van der Waals surface area contributed by atoms with Gasteiger partial charge in [-0.1, -0.05) is 36.4 Å². The third-order valence-electron chi connectivity index (χ3n) is 3.46. The molecule has 0 bridgehead atoms. The first kappa shape index (κ1) is 12.4. The second-order valence-electron chi connectivity index (χ2n) is 4.74. The van der Waals surface area contributed by atoms with E-state index >= 15 is 0 Å². The van der Waals surface area contributed by atoms with Crippen LogP contribution in [0.1, 0.15) is 11.1 Å². The molecule has 1 heterocycles. The number of fused-ring (bicyclic) bond motifs is 1. The van der Waals surface area contributed by atoms with Crippen molar-refractivity contribution in [3.8, 4) is 0 Å². The summed E-state index contributed by atoms with van der Waals surface area (Å²) < 4.78 is 0. The Morgan fingerprint density at radius 2 is 1.95 bits per heavy atom. The summed E-state index contributed by atoms with van der Waals surface area (Å²) in [5, 5.41) is 10.9. The molecule has 1 aliphatic heterocycles. The van der Waals surface area contributed by atoms with Crippen LogP contribution in [0.15, 0.2) is 54.7 Å². The normalized spacial score (nSPS) is 13.7. The molecule has 0 radical (unpaired) electrons. The van der Waals surface area contributed by atoms with Crippen molar-refractivity contribution in [1.29, 1.82) is 0 Å². The van der Waals surface area contributed by atoms with Crippen LogP contribution in [-0.4, -0.2) is 11.5 Å². The van der Waals surface area contributed by atoms with Crippen molar-refractivity contribution < 1.29 is 4.92 Å². The second kappa shape index (κ2) is 5.17. The zero-order valence-corrected chi connectivity index (χ0v) is 10.9. The molecule has 4 nitrogen and oxygen atoms in total. The summed E-state index contributed by atoms with van der Waals surface area (Å²) in [7, 11) is 0. The van der Waals surface area contributed by atoms with Gasteiger partial charge in [-0.25, -0.2) is 0 Å². The molecule has 0 fully saturated rings. The summed E-state index contributed by atoms with van der Waals surface area (Å²) in [6.07, 6.45) is 4.94. The minimum absolute atomic E-state index is 0.142. The van der Waals surface area contributed by atoms with E-state index in [4.69, 9.17) is 0 Å². The standard InChI is InChI=1S/C16H14N2O2/c19-18(20)15-7-6-14-9-11-17(16(14)12-15)10-8-13-4-2-1-3-5-13/h1-8,10,12H,9,11H2. The molecule has 0 saturated heterocycles. The van der Waals surface area contributed by atoms with Crippen LogP contribution in [0.4, 0.5) is 11.4 Å². The number of nitrogens with zero attached hydrogens (tertiary/aromatic N) is 2.